The summed E-state index contributed by atoms with van der Waals surface area (Å²) < 4.78 is 21.7. The topological polar surface area (TPSA) is 131 Å². The van der Waals surface area contributed by atoms with Gasteiger partial charge >= 0.3 is 0 Å². The molecule has 0 radical (unpaired) electrons. The lowest BCUT2D eigenvalue weighted by Gasteiger charge is -2.39. The maximum atomic E-state index is 10.3. The van der Waals surface area contributed by atoms with Gasteiger partial charge in [0, 0.05) is 18.1 Å². The van der Waals surface area contributed by atoms with Gasteiger partial charge in [0.05, 0.1) is 20.8 Å². The van der Waals surface area contributed by atoms with Gasteiger partial charge in [0.15, 0.2) is 0 Å². The summed E-state index contributed by atoms with van der Waals surface area (Å²) in [6.07, 6.45) is -6.50. The largest absolute Gasteiger partial charge is 0.497 e. The van der Waals surface area contributed by atoms with Crippen LogP contribution in [-0.4, -0.2) is 76.9 Å². The van der Waals surface area contributed by atoms with E-state index in [0.29, 0.717) is 12.3 Å². The highest BCUT2D eigenvalue weighted by molar-refractivity contribution is 5.42. The predicted octanol–water partition coefficient (Wildman–Crippen LogP) is 0.177. The van der Waals surface area contributed by atoms with E-state index in [1.165, 1.54) is 7.11 Å². The van der Waals surface area contributed by atoms with E-state index >= 15 is 0 Å². The summed E-state index contributed by atoms with van der Waals surface area (Å²) in [5, 5.41) is 39.7. The van der Waals surface area contributed by atoms with Gasteiger partial charge in [-0.3, -0.25) is 0 Å². The summed E-state index contributed by atoms with van der Waals surface area (Å²) in [4.78, 5) is 4.34. The van der Waals surface area contributed by atoms with Gasteiger partial charge in [-0.2, -0.15) is 4.98 Å². The SMILES string of the molecule is COc1ccc(Cc2c(C)cc(OC)nc2O[C@@H]2O[C@H](CO)[C@@H](O)[C@H](O)[C@H]2O)cc1. The van der Waals surface area contributed by atoms with Crippen LogP contribution in [-0.2, 0) is 11.2 Å². The molecule has 1 aliphatic heterocycles. The molecule has 2 aromatic rings. The smallest absolute Gasteiger partial charge is 0.231 e. The van der Waals surface area contributed by atoms with Crippen LogP contribution >= 0.6 is 0 Å². The minimum atomic E-state index is -1.54. The molecule has 1 aromatic heterocycles. The van der Waals surface area contributed by atoms with E-state index in [0.717, 1.165) is 22.4 Å². The standard InChI is InChI=1S/C21H27NO8/c1-11-8-16(28-3)22-20(14(11)9-12-4-6-13(27-2)7-5-12)30-21-19(26)18(25)17(24)15(10-23)29-21/h4-8,15,17-19,21,23-26H,9-10H2,1-3H3/t15-,17-,18+,19-,21+/m1/s1. The molecule has 164 valence electrons. The van der Waals surface area contributed by atoms with Crippen molar-refractivity contribution in [2.24, 2.45) is 0 Å². The predicted molar refractivity (Wildman–Crippen MR) is 106 cm³/mol. The third-order valence-corrected chi connectivity index (χ3v) is 5.11. The van der Waals surface area contributed by atoms with E-state index < -0.39 is 37.3 Å². The van der Waals surface area contributed by atoms with E-state index in [4.69, 9.17) is 18.9 Å². The second kappa shape index (κ2) is 9.59. The molecule has 30 heavy (non-hydrogen) atoms. The van der Waals surface area contributed by atoms with Gasteiger partial charge in [0.2, 0.25) is 18.1 Å². The number of aromatic nitrogens is 1. The Labute approximate surface area is 174 Å². The van der Waals surface area contributed by atoms with Crippen LogP contribution in [0.4, 0.5) is 0 Å². The maximum absolute atomic E-state index is 10.3. The molecule has 4 N–H and O–H groups in total. The summed E-state index contributed by atoms with van der Waals surface area (Å²) in [5.74, 6) is 1.21. The first-order chi connectivity index (χ1) is 14.4. The number of aryl methyl sites for hydroxylation is 1. The van der Waals surface area contributed by atoms with Crippen molar-refractivity contribution in [1.82, 2.24) is 4.98 Å². The van der Waals surface area contributed by atoms with Gasteiger partial charge < -0.3 is 39.4 Å². The third kappa shape index (κ3) is 4.66. The van der Waals surface area contributed by atoms with Crippen LogP contribution in [0, 0.1) is 6.92 Å². The van der Waals surface area contributed by atoms with Gasteiger partial charge in [-0.25, -0.2) is 0 Å². The number of hydrogen-bond donors (Lipinski definition) is 4. The van der Waals surface area contributed by atoms with Crippen molar-refractivity contribution in [1.29, 1.82) is 0 Å². The summed E-state index contributed by atoms with van der Waals surface area (Å²) in [7, 11) is 3.07. The fourth-order valence-electron chi connectivity index (χ4n) is 3.28. The molecule has 9 heteroatoms. The second-order valence-electron chi connectivity index (χ2n) is 7.11. The molecule has 0 amide bonds. The van der Waals surface area contributed by atoms with Crippen molar-refractivity contribution < 1.29 is 39.4 Å². The van der Waals surface area contributed by atoms with E-state index in [2.05, 4.69) is 4.98 Å². The Hall–Kier alpha value is -2.43. The Balaban J connectivity index is 1.91. The van der Waals surface area contributed by atoms with Gasteiger partial charge in [-0.05, 0) is 30.2 Å². The highest BCUT2D eigenvalue weighted by atomic mass is 16.7. The Morgan fingerprint density at radius 1 is 1.00 bits per heavy atom. The van der Waals surface area contributed by atoms with Crippen LogP contribution in [0.1, 0.15) is 16.7 Å². The Morgan fingerprint density at radius 3 is 2.30 bits per heavy atom. The van der Waals surface area contributed by atoms with Crippen LogP contribution in [0.5, 0.6) is 17.5 Å². The lowest BCUT2D eigenvalue weighted by Crippen LogP contribution is -2.60. The van der Waals surface area contributed by atoms with Gasteiger partial charge in [-0.15, -0.1) is 0 Å². The quantitative estimate of drug-likeness (QED) is 0.494. The summed E-state index contributed by atoms with van der Waals surface area (Å²) >= 11 is 0. The molecule has 0 unspecified atom stereocenters. The fraction of sp³-hybridized carbons (Fsp3) is 0.476. The molecule has 0 saturated carbocycles. The highest BCUT2D eigenvalue weighted by Crippen LogP contribution is 2.31. The minimum absolute atomic E-state index is 0.159. The van der Waals surface area contributed by atoms with Gasteiger partial charge in [0.1, 0.15) is 30.2 Å². The Morgan fingerprint density at radius 2 is 1.70 bits per heavy atom. The van der Waals surface area contributed by atoms with Crippen molar-refractivity contribution >= 4 is 0 Å². The Bertz CT molecular complexity index is 842. The van der Waals surface area contributed by atoms with Gasteiger partial charge in [-0.1, -0.05) is 12.1 Å². The highest BCUT2D eigenvalue weighted by Gasteiger charge is 2.45. The van der Waals surface area contributed by atoms with Crippen LogP contribution in [0.25, 0.3) is 0 Å². The van der Waals surface area contributed by atoms with E-state index in [9.17, 15) is 20.4 Å². The summed E-state index contributed by atoms with van der Waals surface area (Å²) in [6, 6.07) is 9.29. The van der Waals surface area contributed by atoms with Crippen LogP contribution in [0.3, 0.4) is 0 Å². The normalized spacial score (nSPS) is 26.3. The zero-order valence-electron chi connectivity index (χ0n) is 17.1. The van der Waals surface area contributed by atoms with Crippen molar-refractivity contribution in [3.63, 3.8) is 0 Å². The molecule has 5 atom stereocenters. The molecule has 1 saturated heterocycles. The third-order valence-electron chi connectivity index (χ3n) is 5.11. The lowest BCUT2D eigenvalue weighted by molar-refractivity contribution is -0.278. The van der Waals surface area contributed by atoms with E-state index in [1.807, 2.05) is 31.2 Å². The maximum Gasteiger partial charge on any atom is 0.231 e. The average Bonchev–Trinajstić information content (AvgIpc) is 2.76. The number of nitrogens with zero attached hydrogens (tertiary/aromatic N) is 1. The van der Waals surface area contributed by atoms with Crippen LogP contribution in [0.15, 0.2) is 30.3 Å². The van der Waals surface area contributed by atoms with Crippen molar-refractivity contribution in [3.8, 4) is 17.5 Å². The molecular weight excluding hydrogens is 394 g/mol. The zero-order valence-corrected chi connectivity index (χ0v) is 17.1. The molecule has 0 spiro atoms. The summed E-state index contributed by atoms with van der Waals surface area (Å²) in [5.41, 5.74) is 2.56. The number of benzene rings is 1. The molecule has 9 nitrogen and oxygen atoms in total. The van der Waals surface area contributed by atoms with Gasteiger partial charge in [0.25, 0.3) is 0 Å². The minimum Gasteiger partial charge on any atom is -0.497 e. The van der Waals surface area contributed by atoms with Crippen molar-refractivity contribution in [3.05, 3.63) is 47.0 Å². The monoisotopic (exact) mass is 421 g/mol. The van der Waals surface area contributed by atoms with Crippen molar-refractivity contribution in [2.75, 3.05) is 20.8 Å². The van der Waals surface area contributed by atoms with E-state index in [1.54, 1.807) is 13.2 Å². The second-order valence-corrected chi connectivity index (χ2v) is 7.11. The molecule has 1 aromatic carbocycles. The molecule has 1 aliphatic rings. The Kier molecular flexibility index (Phi) is 7.11. The first-order valence-electron chi connectivity index (χ1n) is 9.52. The molecular formula is C21H27NO8. The average molecular weight is 421 g/mol. The number of pyridine rings is 1. The lowest BCUT2D eigenvalue weighted by atomic mass is 9.99. The van der Waals surface area contributed by atoms with E-state index in [-0.39, 0.29) is 5.88 Å². The number of methoxy groups -OCH3 is 2. The zero-order chi connectivity index (χ0) is 21.8. The number of aliphatic hydroxyl groups is 4. The molecule has 0 bridgehead atoms. The number of ether oxygens (including phenoxy) is 4. The summed E-state index contributed by atoms with van der Waals surface area (Å²) in [6.45, 7) is 1.33. The number of rotatable bonds is 7. The molecule has 1 fully saturated rings. The van der Waals surface area contributed by atoms with Crippen molar-refractivity contribution in [2.45, 2.75) is 44.1 Å². The molecule has 2 heterocycles. The molecule has 0 aliphatic carbocycles. The number of hydrogen-bond acceptors (Lipinski definition) is 9. The van der Waals surface area contributed by atoms with Crippen LogP contribution < -0.4 is 14.2 Å². The fourth-order valence-corrected chi connectivity index (χ4v) is 3.28. The van der Waals surface area contributed by atoms with Crippen LogP contribution in [0.2, 0.25) is 0 Å². The first-order valence-corrected chi connectivity index (χ1v) is 9.52. The molecule has 3 rings (SSSR count). The number of aliphatic hydroxyl groups excluding tert-OH is 4. The first kappa shape index (κ1) is 22.3.